The zero-order valence-electron chi connectivity index (χ0n) is 12.1. The van der Waals surface area contributed by atoms with E-state index in [4.69, 9.17) is 4.74 Å². The molecule has 2 aliphatic rings. The first-order valence-corrected chi connectivity index (χ1v) is 7.47. The Morgan fingerprint density at radius 2 is 1.91 bits per heavy atom. The predicted octanol–water partition coefficient (Wildman–Crippen LogP) is 1.99. The minimum atomic E-state index is -0.660. The molecule has 6 nitrogen and oxygen atoms in total. The monoisotopic (exact) mass is 328 g/mol. The Kier molecular flexibility index (Phi) is 3.94. The number of rotatable bonds is 3. The van der Waals surface area contributed by atoms with Crippen molar-refractivity contribution in [2.75, 3.05) is 7.11 Å². The number of H-pyrrole nitrogens is 1. The first-order valence-electron chi connectivity index (χ1n) is 6.66. The van der Waals surface area contributed by atoms with Crippen LogP contribution in [-0.2, 0) is 0 Å². The van der Waals surface area contributed by atoms with Crippen LogP contribution in [0.2, 0.25) is 0 Å². The molecule has 0 atom stereocenters. The van der Waals surface area contributed by atoms with Crippen molar-refractivity contribution < 1.29 is 9.84 Å². The fraction of sp³-hybridized carbons (Fsp3) is 0.0625. The molecule has 0 saturated heterocycles. The minimum Gasteiger partial charge on any atom is -0.497 e. The van der Waals surface area contributed by atoms with Crippen LogP contribution >= 0.6 is 11.3 Å². The molecule has 1 aromatic rings. The van der Waals surface area contributed by atoms with Gasteiger partial charge in [0.1, 0.15) is 16.0 Å². The number of ether oxygens (including phenoxy) is 1. The molecule has 23 heavy (non-hydrogen) atoms. The zero-order chi connectivity index (χ0) is 16.4. The molecule has 3 rings (SSSR count). The third-order valence-corrected chi connectivity index (χ3v) is 4.26. The van der Waals surface area contributed by atoms with Gasteiger partial charge in [0.2, 0.25) is 11.3 Å². The van der Waals surface area contributed by atoms with Crippen LogP contribution in [0.15, 0.2) is 51.0 Å². The number of benzene rings is 1. The highest BCUT2D eigenvalue weighted by Gasteiger charge is 2.05. The number of aliphatic imine (C=N–C) groups is 1. The Bertz CT molecular complexity index is 1050. The van der Waals surface area contributed by atoms with E-state index in [0.29, 0.717) is 15.1 Å². The van der Waals surface area contributed by atoms with E-state index in [9.17, 15) is 14.7 Å². The summed E-state index contributed by atoms with van der Waals surface area (Å²) in [4.78, 5) is 30.4. The van der Waals surface area contributed by atoms with Crippen LogP contribution in [0.5, 0.6) is 11.6 Å². The van der Waals surface area contributed by atoms with Gasteiger partial charge in [-0.15, -0.1) is 11.3 Å². The first-order chi connectivity index (χ1) is 11.1. The van der Waals surface area contributed by atoms with Crippen molar-refractivity contribution in [2.45, 2.75) is 0 Å². The molecule has 0 unspecified atom stereocenters. The van der Waals surface area contributed by atoms with E-state index >= 15 is 0 Å². The fourth-order valence-electron chi connectivity index (χ4n) is 1.98. The molecule has 1 aromatic carbocycles. The molecular formula is C16H12N2O4S. The molecule has 116 valence electrons. The third kappa shape index (κ3) is 3.00. The fourth-order valence-corrected chi connectivity index (χ4v) is 2.86. The summed E-state index contributed by atoms with van der Waals surface area (Å²) in [7, 11) is 1.58. The third-order valence-electron chi connectivity index (χ3n) is 3.18. The Labute approximate surface area is 134 Å². The highest BCUT2D eigenvalue weighted by Crippen LogP contribution is 2.21. The Balaban J connectivity index is 2.04. The maximum atomic E-state index is 11.7. The van der Waals surface area contributed by atoms with E-state index in [1.165, 1.54) is 23.6 Å². The average molecular weight is 328 g/mol. The standard InChI is InChI=1S/C16H12N2O4S/c1-22-10-4-2-9(3-5-10)17-8-13-16(21)18-14-12(23-13)7-6-11(19)15(14)20/h2-8,18,21H,1H3. The van der Waals surface area contributed by atoms with E-state index in [1.807, 2.05) is 0 Å². The Hall–Kier alpha value is -2.93. The van der Waals surface area contributed by atoms with E-state index in [0.717, 1.165) is 5.75 Å². The van der Waals surface area contributed by atoms with Crippen molar-refractivity contribution in [3.05, 3.63) is 71.6 Å². The lowest BCUT2D eigenvalue weighted by atomic mass is 10.3. The Morgan fingerprint density at radius 3 is 2.61 bits per heavy atom. The van der Waals surface area contributed by atoms with Crippen molar-refractivity contribution in [2.24, 2.45) is 4.99 Å². The van der Waals surface area contributed by atoms with Crippen LogP contribution in [0, 0.1) is 9.88 Å². The van der Waals surface area contributed by atoms with Gasteiger partial charge in [-0.05, 0) is 36.4 Å². The summed E-state index contributed by atoms with van der Waals surface area (Å²) < 4.78 is 5.64. The summed E-state index contributed by atoms with van der Waals surface area (Å²) in [5, 5.41) is 10.1. The molecule has 1 heterocycles. The maximum absolute atomic E-state index is 11.7. The molecule has 0 saturated carbocycles. The number of aromatic hydroxyl groups is 1. The van der Waals surface area contributed by atoms with Gasteiger partial charge in [-0.3, -0.25) is 14.6 Å². The molecular weight excluding hydrogens is 316 g/mol. The van der Waals surface area contributed by atoms with Gasteiger partial charge in [0, 0.05) is 0 Å². The van der Waals surface area contributed by atoms with Gasteiger partial charge >= 0.3 is 0 Å². The molecule has 7 heteroatoms. The van der Waals surface area contributed by atoms with Gasteiger partial charge in [0.25, 0.3) is 5.43 Å². The normalized spacial score (nSPS) is 11.2. The molecule has 0 spiro atoms. The van der Waals surface area contributed by atoms with Crippen LogP contribution in [0.1, 0.15) is 4.88 Å². The number of nitrogens with one attached hydrogen (secondary N) is 1. The lowest BCUT2D eigenvalue weighted by Gasteiger charge is -2.01. The summed E-state index contributed by atoms with van der Waals surface area (Å²) in [6.07, 6.45) is 1.49. The second kappa shape index (κ2) is 6.05. The van der Waals surface area contributed by atoms with E-state index in [1.54, 1.807) is 37.4 Å². The Morgan fingerprint density at radius 1 is 1.17 bits per heavy atom. The van der Waals surface area contributed by atoms with Crippen LogP contribution in [0.4, 0.5) is 5.69 Å². The molecule has 1 aliphatic carbocycles. The van der Waals surface area contributed by atoms with Gasteiger partial charge in [-0.2, -0.15) is 0 Å². The zero-order valence-corrected chi connectivity index (χ0v) is 12.9. The van der Waals surface area contributed by atoms with E-state index < -0.39 is 10.9 Å². The number of nitrogens with zero attached hydrogens (tertiary/aromatic N) is 1. The van der Waals surface area contributed by atoms with E-state index in [-0.39, 0.29) is 11.2 Å². The first kappa shape index (κ1) is 15.0. The molecule has 0 fully saturated rings. The van der Waals surface area contributed by atoms with E-state index in [2.05, 4.69) is 9.98 Å². The summed E-state index contributed by atoms with van der Waals surface area (Å²) in [6, 6.07) is 9.88. The second-order valence-electron chi connectivity index (χ2n) is 4.66. The van der Waals surface area contributed by atoms with Crippen LogP contribution < -0.4 is 15.6 Å². The van der Waals surface area contributed by atoms with Crippen molar-refractivity contribution in [3.63, 3.8) is 0 Å². The summed E-state index contributed by atoms with van der Waals surface area (Å²) >= 11 is 1.17. The molecule has 0 radical (unpaired) electrons. The molecule has 0 aromatic heterocycles. The smallest absolute Gasteiger partial charge is 0.250 e. The lowest BCUT2D eigenvalue weighted by Crippen LogP contribution is -2.24. The lowest BCUT2D eigenvalue weighted by molar-refractivity contribution is 0.415. The van der Waals surface area contributed by atoms with Gasteiger partial charge < -0.3 is 14.8 Å². The maximum Gasteiger partial charge on any atom is 0.250 e. The van der Waals surface area contributed by atoms with Crippen LogP contribution in [0.25, 0.3) is 0 Å². The molecule has 0 amide bonds. The highest BCUT2D eigenvalue weighted by atomic mass is 32.1. The number of aromatic amines is 1. The number of hydrogen-bond acceptors (Lipinski definition) is 6. The number of hydrogen-bond donors (Lipinski definition) is 2. The van der Waals surface area contributed by atoms with Gasteiger partial charge in [-0.1, -0.05) is 0 Å². The molecule has 0 bridgehead atoms. The van der Waals surface area contributed by atoms with Crippen molar-refractivity contribution >= 4 is 23.2 Å². The summed E-state index contributed by atoms with van der Waals surface area (Å²) in [5.41, 5.74) is -0.579. The number of aromatic nitrogens is 1. The van der Waals surface area contributed by atoms with Crippen molar-refractivity contribution in [1.82, 2.24) is 4.98 Å². The largest absolute Gasteiger partial charge is 0.497 e. The van der Waals surface area contributed by atoms with Crippen LogP contribution in [-0.4, -0.2) is 23.4 Å². The second-order valence-corrected chi connectivity index (χ2v) is 5.75. The van der Waals surface area contributed by atoms with Crippen molar-refractivity contribution in [3.8, 4) is 11.6 Å². The number of methoxy groups -OCH3 is 1. The van der Waals surface area contributed by atoms with Crippen LogP contribution in [0.3, 0.4) is 0 Å². The summed E-state index contributed by atoms with van der Waals surface area (Å²) in [5.74, 6) is 0.521. The molecule has 1 aliphatic heterocycles. The molecule has 2 N–H and O–H groups in total. The quantitative estimate of drug-likeness (QED) is 0.568. The predicted molar refractivity (Wildman–Crippen MR) is 88.4 cm³/mol. The topological polar surface area (TPSA) is 91.8 Å². The SMILES string of the molecule is COc1ccc(N=Cc2sc3ccc(=O)c(=O)c=3[nH]c2O)cc1. The van der Waals surface area contributed by atoms with Crippen molar-refractivity contribution in [1.29, 1.82) is 0 Å². The summed E-state index contributed by atoms with van der Waals surface area (Å²) in [6.45, 7) is 0. The van der Waals surface area contributed by atoms with Gasteiger partial charge in [0.05, 0.1) is 23.5 Å². The highest BCUT2D eigenvalue weighted by molar-refractivity contribution is 7.11. The average Bonchev–Trinajstić information content (AvgIpc) is 2.57. The van der Waals surface area contributed by atoms with Gasteiger partial charge in [-0.25, -0.2) is 0 Å². The van der Waals surface area contributed by atoms with Gasteiger partial charge in [0.15, 0.2) is 0 Å². The minimum absolute atomic E-state index is 0.0987.